The fraction of sp³-hybridized carbons (Fsp3) is 0.476. The Morgan fingerprint density at radius 2 is 1.89 bits per heavy atom. The Bertz CT molecular complexity index is 958. The summed E-state index contributed by atoms with van der Waals surface area (Å²) < 4.78 is 2.27. The van der Waals surface area contributed by atoms with Crippen molar-refractivity contribution in [1.29, 1.82) is 0 Å². The minimum atomic E-state index is -0.625. The number of anilines is 1. The first-order valence-electron chi connectivity index (χ1n) is 9.81. The number of ketones is 1. The summed E-state index contributed by atoms with van der Waals surface area (Å²) in [6, 6.07) is 9.36. The molecule has 0 atom stereocenters. The van der Waals surface area contributed by atoms with Crippen LogP contribution in [-0.4, -0.2) is 39.5 Å². The minimum absolute atomic E-state index is 0.0511. The number of carbonyl (C=O) groups excluding carboxylic acids is 1. The largest absolute Gasteiger partial charge is 0.384 e. The smallest absolute Gasteiger partial charge is 0.332 e. The van der Waals surface area contributed by atoms with Crippen molar-refractivity contribution in [2.24, 2.45) is 13.0 Å². The van der Waals surface area contributed by atoms with Crippen LogP contribution in [0.4, 0.5) is 5.82 Å². The van der Waals surface area contributed by atoms with E-state index in [1.165, 1.54) is 24.5 Å². The van der Waals surface area contributed by atoms with Gasteiger partial charge < -0.3 is 5.73 Å². The number of nitrogens with two attached hydrogens (primary N) is 1. The Morgan fingerprint density at radius 3 is 2.50 bits per heavy atom. The van der Waals surface area contributed by atoms with Gasteiger partial charge >= 0.3 is 5.69 Å². The average molecular weight is 384 g/mol. The summed E-state index contributed by atoms with van der Waals surface area (Å²) in [7, 11) is 1.39. The molecule has 1 aliphatic rings. The van der Waals surface area contributed by atoms with Crippen LogP contribution in [0.5, 0.6) is 0 Å². The molecule has 150 valence electrons. The summed E-state index contributed by atoms with van der Waals surface area (Å²) in [5, 5.41) is 0. The van der Waals surface area contributed by atoms with Gasteiger partial charge in [-0.1, -0.05) is 37.3 Å². The molecule has 0 aliphatic heterocycles. The molecule has 0 unspecified atom stereocenters. The van der Waals surface area contributed by atoms with Crippen LogP contribution in [0.2, 0.25) is 0 Å². The first kappa shape index (κ1) is 20.1. The van der Waals surface area contributed by atoms with Gasteiger partial charge in [-0.25, -0.2) is 4.79 Å². The number of hydrogen-bond donors (Lipinski definition) is 1. The van der Waals surface area contributed by atoms with Crippen LogP contribution in [0.1, 0.15) is 42.1 Å². The van der Waals surface area contributed by atoms with Crippen molar-refractivity contribution in [2.45, 2.75) is 32.7 Å². The van der Waals surface area contributed by atoms with E-state index in [1.807, 2.05) is 30.3 Å². The molecule has 7 heteroatoms. The molecule has 0 bridgehead atoms. The van der Waals surface area contributed by atoms with E-state index < -0.39 is 11.2 Å². The first-order chi connectivity index (χ1) is 13.4. The van der Waals surface area contributed by atoms with Gasteiger partial charge in [0.05, 0.1) is 13.1 Å². The maximum absolute atomic E-state index is 13.0. The SMILES string of the molecule is CCCN(CC(=O)c1c(N)n(Cc2ccccc2)c(=O)n(C)c1=O)CC1CC1. The van der Waals surface area contributed by atoms with Crippen molar-refractivity contribution in [3.63, 3.8) is 0 Å². The molecule has 0 spiro atoms. The monoisotopic (exact) mass is 384 g/mol. The van der Waals surface area contributed by atoms with E-state index in [4.69, 9.17) is 5.73 Å². The van der Waals surface area contributed by atoms with Crippen molar-refractivity contribution < 1.29 is 4.79 Å². The lowest BCUT2D eigenvalue weighted by Gasteiger charge is -2.21. The van der Waals surface area contributed by atoms with E-state index in [1.54, 1.807) is 0 Å². The average Bonchev–Trinajstić information content (AvgIpc) is 3.49. The van der Waals surface area contributed by atoms with Crippen molar-refractivity contribution in [1.82, 2.24) is 14.0 Å². The fourth-order valence-corrected chi connectivity index (χ4v) is 3.46. The Morgan fingerprint density at radius 1 is 1.21 bits per heavy atom. The summed E-state index contributed by atoms with van der Waals surface area (Å²) >= 11 is 0. The van der Waals surface area contributed by atoms with Crippen LogP contribution in [-0.2, 0) is 13.6 Å². The number of carbonyl (C=O) groups is 1. The number of rotatable bonds is 9. The van der Waals surface area contributed by atoms with Gasteiger partial charge in [0.1, 0.15) is 11.4 Å². The molecule has 3 rings (SSSR count). The molecule has 0 amide bonds. The van der Waals surface area contributed by atoms with Gasteiger partial charge in [0.25, 0.3) is 5.56 Å². The van der Waals surface area contributed by atoms with Gasteiger partial charge in [0.15, 0.2) is 5.78 Å². The van der Waals surface area contributed by atoms with E-state index >= 15 is 0 Å². The van der Waals surface area contributed by atoms with Crippen LogP contribution in [0.15, 0.2) is 39.9 Å². The lowest BCUT2D eigenvalue weighted by molar-refractivity contribution is 0.0925. The van der Waals surface area contributed by atoms with Gasteiger partial charge in [-0.3, -0.25) is 23.6 Å². The van der Waals surface area contributed by atoms with Gasteiger partial charge in [-0.2, -0.15) is 0 Å². The highest BCUT2D eigenvalue weighted by Gasteiger charge is 2.27. The second-order valence-electron chi connectivity index (χ2n) is 7.58. The lowest BCUT2D eigenvalue weighted by atomic mass is 10.1. The molecule has 1 aromatic carbocycles. The van der Waals surface area contributed by atoms with Crippen LogP contribution in [0.3, 0.4) is 0 Å². The molecular weight excluding hydrogens is 356 g/mol. The molecule has 0 saturated heterocycles. The van der Waals surface area contributed by atoms with Crippen LogP contribution in [0.25, 0.3) is 0 Å². The predicted octanol–water partition coefficient (Wildman–Crippen LogP) is 1.48. The number of nitrogens with zero attached hydrogens (tertiary/aromatic N) is 3. The summed E-state index contributed by atoms with van der Waals surface area (Å²) in [6.07, 6.45) is 3.32. The van der Waals surface area contributed by atoms with Gasteiger partial charge in [-0.05, 0) is 37.3 Å². The summed E-state index contributed by atoms with van der Waals surface area (Å²) in [5.74, 6) is 0.269. The van der Waals surface area contributed by atoms with Crippen molar-refractivity contribution in [2.75, 3.05) is 25.4 Å². The first-order valence-corrected chi connectivity index (χ1v) is 9.81. The zero-order valence-electron chi connectivity index (χ0n) is 16.6. The molecule has 1 saturated carbocycles. The van der Waals surface area contributed by atoms with Gasteiger partial charge in [0.2, 0.25) is 0 Å². The third kappa shape index (κ3) is 4.42. The second-order valence-corrected chi connectivity index (χ2v) is 7.58. The molecule has 7 nitrogen and oxygen atoms in total. The second kappa shape index (κ2) is 8.56. The molecule has 0 radical (unpaired) electrons. The summed E-state index contributed by atoms with van der Waals surface area (Å²) in [6.45, 7) is 4.08. The van der Waals surface area contributed by atoms with Crippen molar-refractivity contribution in [3.05, 3.63) is 62.3 Å². The maximum Gasteiger partial charge on any atom is 0.332 e. The molecule has 2 aromatic rings. The standard InChI is InChI=1S/C21H28N4O3/c1-3-11-24(12-16-9-10-16)14-17(26)18-19(22)25(21(28)23(2)20(18)27)13-15-7-5-4-6-8-15/h4-8,16H,3,9-14,22H2,1-2H3. The van der Waals surface area contributed by atoms with E-state index in [0.717, 1.165) is 29.6 Å². The van der Waals surface area contributed by atoms with Crippen molar-refractivity contribution in [3.8, 4) is 0 Å². The van der Waals surface area contributed by atoms with E-state index in [-0.39, 0.29) is 30.3 Å². The minimum Gasteiger partial charge on any atom is -0.384 e. The Labute approximate surface area is 164 Å². The van der Waals surface area contributed by atoms with Crippen LogP contribution >= 0.6 is 0 Å². The summed E-state index contributed by atoms with van der Waals surface area (Å²) in [5.41, 5.74) is 5.81. The molecule has 1 aliphatic carbocycles. The fourth-order valence-electron chi connectivity index (χ4n) is 3.46. The lowest BCUT2D eigenvalue weighted by Crippen LogP contribution is -2.44. The molecule has 1 aromatic heterocycles. The maximum atomic E-state index is 13.0. The predicted molar refractivity (Wildman–Crippen MR) is 110 cm³/mol. The highest BCUT2D eigenvalue weighted by Crippen LogP contribution is 2.29. The van der Waals surface area contributed by atoms with Crippen molar-refractivity contribution >= 4 is 11.6 Å². The highest BCUT2D eigenvalue weighted by atomic mass is 16.2. The molecular formula is C21H28N4O3. The number of benzene rings is 1. The zero-order valence-corrected chi connectivity index (χ0v) is 16.6. The van der Waals surface area contributed by atoms with Gasteiger partial charge in [0, 0.05) is 13.6 Å². The topological polar surface area (TPSA) is 90.3 Å². The molecule has 28 heavy (non-hydrogen) atoms. The normalized spacial score (nSPS) is 13.8. The third-order valence-corrected chi connectivity index (χ3v) is 5.17. The van der Waals surface area contributed by atoms with E-state index in [2.05, 4.69) is 11.8 Å². The van der Waals surface area contributed by atoms with Gasteiger partial charge in [-0.15, -0.1) is 0 Å². The Kier molecular flexibility index (Phi) is 6.14. The van der Waals surface area contributed by atoms with E-state index in [0.29, 0.717) is 5.92 Å². The summed E-state index contributed by atoms with van der Waals surface area (Å²) in [4.78, 5) is 40.3. The number of nitrogen functional groups attached to an aromatic ring is 1. The highest BCUT2D eigenvalue weighted by molar-refractivity contribution is 6.01. The Balaban J connectivity index is 1.94. The van der Waals surface area contributed by atoms with Crippen LogP contribution in [0, 0.1) is 5.92 Å². The quantitative estimate of drug-likeness (QED) is 0.662. The molecule has 2 N–H and O–H groups in total. The number of Topliss-reactive ketones (excluding diaryl/α,β-unsaturated/α-hetero) is 1. The zero-order chi connectivity index (χ0) is 20.3. The number of aromatic nitrogens is 2. The Hall–Kier alpha value is -2.67. The molecule has 1 fully saturated rings. The van der Waals surface area contributed by atoms with Crippen LogP contribution < -0.4 is 17.0 Å². The van der Waals surface area contributed by atoms with E-state index in [9.17, 15) is 14.4 Å². The number of hydrogen-bond acceptors (Lipinski definition) is 5. The molecule has 1 heterocycles. The third-order valence-electron chi connectivity index (χ3n) is 5.17.